The highest BCUT2D eigenvalue weighted by molar-refractivity contribution is 5.76. The minimum absolute atomic E-state index is 0.131. The van der Waals surface area contributed by atoms with Gasteiger partial charge in [0, 0.05) is 4.91 Å². The van der Waals surface area contributed by atoms with Gasteiger partial charge in [0.1, 0.15) is 11.9 Å². The molecular weight excluding hydrogens is 237 g/mol. The minimum Gasteiger partial charge on any atom is -0.466 e. The van der Waals surface area contributed by atoms with Crippen LogP contribution in [-0.4, -0.2) is 18.6 Å². The molecule has 0 amide bonds. The van der Waals surface area contributed by atoms with Crippen molar-refractivity contribution in [2.24, 2.45) is 5.11 Å². The molecule has 0 spiro atoms. The predicted molar refractivity (Wildman–Crippen MR) is 64.4 cm³/mol. The largest absolute Gasteiger partial charge is 0.466 e. The highest BCUT2D eigenvalue weighted by atomic mass is 19.1. The van der Waals surface area contributed by atoms with Crippen LogP contribution in [0.3, 0.4) is 0 Å². The maximum atomic E-state index is 13.3. The van der Waals surface area contributed by atoms with E-state index in [4.69, 9.17) is 10.3 Å². The van der Waals surface area contributed by atoms with Crippen molar-refractivity contribution in [2.75, 3.05) is 6.61 Å². The van der Waals surface area contributed by atoms with Crippen LogP contribution in [0.5, 0.6) is 0 Å². The molecule has 1 atom stereocenters. The Labute approximate surface area is 104 Å². The zero-order chi connectivity index (χ0) is 13.5. The second kappa shape index (κ2) is 6.61. The van der Waals surface area contributed by atoms with Gasteiger partial charge in [0.25, 0.3) is 0 Å². The number of hydrogen-bond acceptors (Lipinski definition) is 3. The van der Waals surface area contributed by atoms with E-state index in [0.29, 0.717) is 11.1 Å². The van der Waals surface area contributed by atoms with Gasteiger partial charge in [0.05, 0.1) is 6.61 Å². The van der Waals surface area contributed by atoms with Crippen LogP contribution in [0.1, 0.15) is 18.1 Å². The van der Waals surface area contributed by atoms with Crippen molar-refractivity contribution >= 4 is 5.97 Å². The van der Waals surface area contributed by atoms with E-state index in [-0.39, 0.29) is 18.8 Å². The molecule has 0 fully saturated rings. The first-order valence-electron chi connectivity index (χ1n) is 5.55. The van der Waals surface area contributed by atoms with E-state index in [0.717, 1.165) is 0 Å². The van der Waals surface area contributed by atoms with Gasteiger partial charge in [0.15, 0.2) is 0 Å². The van der Waals surface area contributed by atoms with Crippen LogP contribution in [-0.2, 0) is 16.0 Å². The number of hydrogen-bond donors (Lipinski definition) is 0. The topological polar surface area (TPSA) is 75.1 Å². The lowest BCUT2D eigenvalue weighted by Gasteiger charge is -2.12. The number of carbonyl (C=O) groups excluding carboxylic acids is 1. The summed E-state index contributed by atoms with van der Waals surface area (Å²) in [7, 11) is 0. The van der Waals surface area contributed by atoms with E-state index in [2.05, 4.69) is 10.0 Å². The van der Waals surface area contributed by atoms with Gasteiger partial charge in [-0.15, -0.1) is 0 Å². The molecule has 5 nitrogen and oxygen atoms in total. The molecule has 6 heteroatoms. The van der Waals surface area contributed by atoms with Gasteiger partial charge >= 0.3 is 5.97 Å². The van der Waals surface area contributed by atoms with Crippen molar-refractivity contribution in [1.29, 1.82) is 0 Å². The molecule has 1 rings (SSSR count). The molecule has 1 aromatic carbocycles. The number of benzene rings is 1. The summed E-state index contributed by atoms with van der Waals surface area (Å²) in [5.41, 5.74) is 9.50. The Balaban J connectivity index is 2.93. The molecular formula is C12H14FN3O2. The normalized spacial score (nSPS) is 11.5. The molecule has 1 aromatic rings. The van der Waals surface area contributed by atoms with Gasteiger partial charge in [-0.1, -0.05) is 17.2 Å². The summed E-state index contributed by atoms with van der Waals surface area (Å²) >= 11 is 0. The van der Waals surface area contributed by atoms with Crippen LogP contribution in [0.4, 0.5) is 4.39 Å². The average molecular weight is 251 g/mol. The van der Waals surface area contributed by atoms with Gasteiger partial charge in [-0.3, -0.25) is 4.79 Å². The molecule has 96 valence electrons. The third-order valence-electron chi connectivity index (χ3n) is 2.54. The highest BCUT2D eigenvalue weighted by Crippen LogP contribution is 2.16. The first-order valence-corrected chi connectivity index (χ1v) is 5.55. The summed E-state index contributed by atoms with van der Waals surface area (Å²) in [6, 6.07) is 3.62. The molecule has 1 unspecified atom stereocenters. The summed E-state index contributed by atoms with van der Waals surface area (Å²) < 4.78 is 18.1. The molecule has 0 N–H and O–H groups in total. The molecule has 0 saturated heterocycles. The Morgan fingerprint density at radius 1 is 1.61 bits per heavy atom. The lowest BCUT2D eigenvalue weighted by Crippen LogP contribution is -2.23. The van der Waals surface area contributed by atoms with Crippen LogP contribution >= 0.6 is 0 Å². The van der Waals surface area contributed by atoms with Gasteiger partial charge in [-0.05, 0) is 43.0 Å². The second-order valence-electron chi connectivity index (χ2n) is 3.70. The Kier molecular flexibility index (Phi) is 5.14. The van der Waals surface area contributed by atoms with Gasteiger partial charge < -0.3 is 4.74 Å². The van der Waals surface area contributed by atoms with Crippen LogP contribution in [0.15, 0.2) is 23.3 Å². The smallest absolute Gasteiger partial charge is 0.315 e. The predicted octanol–water partition coefficient (Wildman–Crippen LogP) is 2.92. The minimum atomic E-state index is -0.963. The molecule has 0 aliphatic carbocycles. The number of ether oxygens (including phenoxy) is 1. The SMILES string of the molecule is CCOC(=O)C(Cc1cccc(F)c1C)N=[N+]=[N-]. The van der Waals surface area contributed by atoms with Crippen molar-refractivity contribution in [3.63, 3.8) is 0 Å². The van der Waals surface area contributed by atoms with Gasteiger partial charge in [0.2, 0.25) is 0 Å². The third-order valence-corrected chi connectivity index (χ3v) is 2.54. The fraction of sp³-hybridized carbons (Fsp3) is 0.417. The average Bonchev–Trinajstić information content (AvgIpc) is 2.34. The quantitative estimate of drug-likeness (QED) is 0.349. The van der Waals surface area contributed by atoms with E-state index in [9.17, 15) is 9.18 Å². The first-order chi connectivity index (χ1) is 8.60. The first kappa shape index (κ1) is 14.0. The summed E-state index contributed by atoms with van der Waals surface area (Å²) in [6.45, 7) is 3.49. The van der Waals surface area contributed by atoms with E-state index >= 15 is 0 Å². The maximum Gasteiger partial charge on any atom is 0.315 e. The van der Waals surface area contributed by atoms with Crippen LogP contribution < -0.4 is 0 Å². The lowest BCUT2D eigenvalue weighted by atomic mass is 10.0. The van der Waals surface area contributed by atoms with E-state index < -0.39 is 12.0 Å². The van der Waals surface area contributed by atoms with Crippen molar-refractivity contribution in [1.82, 2.24) is 0 Å². The molecule has 0 saturated carbocycles. The molecule has 0 bridgehead atoms. The summed E-state index contributed by atoms with van der Waals surface area (Å²) in [4.78, 5) is 14.2. The number of nitrogens with zero attached hydrogens (tertiary/aromatic N) is 3. The summed E-state index contributed by atoms with van der Waals surface area (Å²) in [5.74, 6) is -0.949. The van der Waals surface area contributed by atoms with Crippen molar-refractivity contribution in [3.8, 4) is 0 Å². The molecule has 0 aromatic heterocycles. The Bertz CT molecular complexity index is 484. The van der Waals surface area contributed by atoms with Crippen molar-refractivity contribution in [2.45, 2.75) is 26.3 Å². The number of halogens is 1. The number of carbonyl (C=O) groups is 1. The number of esters is 1. The van der Waals surface area contributed by atoms with Gasteiger partial charge in [-0.25, -0.2) is 4.39 Å². The van der Waals surface area contributed by atoms with Crippen LogP contribution in [0, 0.1) is 12.7 Å². The van der Waals surface area contributed by atoms with E-state index in [1.54, 1.807) is 26.0 Å². The van der Waals surface area contributed by atoms with Crippen LogP contribution in [0.2, 0.25) is 0 Å². The fourth-order valence-corrected chi connectivity index (χ4v) is 1.55. The Morgan fingerprint density at radius 3 is 2.94 bits per heavy atom. The Morgan fingerprint density at radius 2 is 2.33 bits per heavy atom. The zero-order valence-corrected chi connectivity index (χ0v) is 10.3. The lowest BCUT2D eigenvalue weighted by molar-refractivity contribution is -0.144. The highest BCUT2D eigenvalue weighted by Gasteiger charge is 2.20. The summed E-state index contributed by atoms with van der Waals surface area (Å²) in [5, 5.41) is 3.39. The third kappa shape index (κ3) is 3.46. The maximum absolute atomic E-state index is 13.3. The monoisotopic (exact) mass is 251 g/mol. The second-order valence-corrected chi connectivity index (χ2v) is 3.70. The summed E-state index contributed by atoms with van der Waals surface area (Å²) in [6.07, 6.45) is 0.131. The molecule has 0 radical (unpaired) electrons. The van der Waals surface area contributed by atoms with Crippen LogP contribution in [0.25, 0.3) is 10.4 Å². The van der Waals surface area contributed by atoms with Crippen molar-refractivity contribution in [3.05, 3.63) is 45.6 Å². The fourth-order valence-electron chi connectivity index (χ4n) is 1.55. The van der Waals surface area contributed by atoms with E-state index in [1.807, 2.05) is 0 Å². The Hall–Kier alpha value is -2.07. The number of rotatable bonds is 5. The molecule has 18 heavy (non-hydrogen) atoms. The van der Waals surface area contributed by atoms with E-state index in [1.165, 1.54) is 6.07 Å². The molecule has 0 heterocycles. The number of azide groups is 1. The van der Waals surface area contributed by atoms with Crippen molar-refractivity contribution < 1.29 is 13.9 Å². The molecule has 0 aliphatic rings. The molecule has 0 aliphatic heterocycles. The standard InChI is InChI=1S/C12H14FN3O2/c1-3-18-12(17)11(15-16-14)7-9-5-4-6-10(13)8(9)2/h4-6,11H,3,7H2,1-2H3. The zero-order valence-electron chi connectivity index (χ0n) is 10.3. The van der Waals surface area contributed by atoms with Gasteiger partial charge in [-0.2, -0.15) is 0 Å².